The molecule has 3 saturated carbocycles. The van der Waals surface area contributed by atoms with E-state index < -0.39 is 0 Å². The van der Waals surface area contributed by atoms with E-state index in [1.165, 1.54) is 19.3 Å². The Hall–Kier alpha value is -0.0400. The Morgan fingerprint density at radius 2 is 2.00 bits per heavy atom. The Balaban J connectivity index is 1.96. The van der Waals surface area contributed by atoms with Crippen molar-refractivity contribution >= 4 is 0 Å². The minimum Gasteiger partial charge on any atom is -0.389 e. The summed E-state index contributed by atoms with van der Waals surface area (Å²) in [6.07, 6.45) is 6.16. The first-order valence-electron chi connectivity index (χ1n) is 6.72. The predicted molar refractivity (Wildman–Crippen MR) is 61.4 cm³/mol. The second-order valence-corrected chi connectivity index (χ2v) is 6.82. The number of hydrogen-bond acceptors (Lipinski definition) is 1. The van der Waals surface area contributed by atoms with Gasteiger partial charge in [0.15, 0.2) is 0 Å². The Labute approximate surface area is 93.3 Å². The van der Waals surface area contributed by atoms with E-state index in [0.717, 1.165) is 36.5 Å². The number of aliphatic hydroxyl groups is 1. The van der Waals surface area contributed by atoms with Crippen LogP contribution in [0.4, 0.5) is 0 Å². The summed E-state index contributed by atoms with van der Waals surface area (Å²) < 4.78 is 0. The molecule has 0 radical (unpaired) electrons. The van der Waals surface area contributed by atoms with Crippen molar-refractivity contribution in [1.82, 2.24) is 0 Å². The van der Waals surface area contributed by atoms with Gasteiger partial charge in [0.1, 0.15) is 0 Å². The fourth-order valence-electron chi connectivity index (χ4n) is 5.41. The molecule has 0 aromatic rings. The largest absolute Gasteiger partial charge is 0.389 e. The molecule has 3 aliphatic rings. The van der Waals surface area contributed by atoms with Gasteiger partial charge in [-0.2, -0.15) is 0 Å². The van der Waals surface area contributed by atoms with E-state index in [0.29, 0.717) is 0 Å². The molecule has 6 atom stereocenters. The molecule has 3 aliphatic carbocycles. The predicted octanol–water partition coefficient (Wildman–Crippen LogP) is 3.22. The maximum absolute atomic E-state index is 10.8. The first-order valence-corrected chi connectivity index (χ1v) is 6.72. The quantitative estimate of drug-likeness (QED) is 0.701. The van der Waals surface area contributed by atoms with Crippen LogP contribution in [0.25, 0.3) is 0 Å². The van der Waals surface area contributed by atoms with Crippen LogP contribution in [-0.2, 0) is 0 Å². The van der Waals surface area contributed by atoms with Crippen LogP contribution in [0.2, 0.25) is 0 Å². The lowest BCUT2D eigenvalue weighted by molar-refractivity contribution is -0.103. The Morgan fingerprint density at radius 3 is 2.67 bits per heavy atom. The third kappa shape index (κ3) is 1.03. The van der Waals surface area contributed by atoms with Gasteiger partial charge < -0.3 is 5.11 Å². The number of rotatable bonds is 1. The van der Waals surface area contributed by atoms with Crippen LogP contribution in [0.5, 0.6) is 0 Å². The summed E-state index contributed by atoms with van der Waals surface area (Å²) in [6, 6.07) is 0. The summed E-state index contributed by atoms with van der Waals surface area (Å²) in [4.78, 5) is 0. The lowest BCUT2D eigenvalue weighted by Crippen LogP contribution is -2.48. The van der Waals surface area contributed by atoms with E-state index in [1.807, 2.05) is 0 Å². The van der Waals surface area contributed by atoms with Gasteiger partial charge in [-0.3, -0.25) is 0 Å². The lowest BCUT2D eigenvalue weighted by atomic mass is 9.63. The maximum Gasteiger partial charge on any atom is 0.0704 e. The average molecular weight is 208 g/mol. The van der Waals surface area contributed by atoms with Gasteiger partial charge in [0, 0.05) is 0 Å². The van der Waals surface area contributed by atoms with Crippen LogP contribution in [-0.4, -0.2) is 10.7 Å². The topological polar surface area (TPSA) is 20.2 Å². The second kappa shape index (κ2) is 2.80. The van der Waals surface area contributed by atoms with E-state index in [1.54, 1.807) is 0 Å². The monoisotopic (exact) mass is 208 g/mol. The van der Waals surface area contributed by atoms with Crippen molar-refractivity contribution in [3.05, 3.63) is 0 Å². The molecule has 2 bridgehead atoms. The highest BCUT2D eigenvalue weighted by molar-refractivity contribution is 5.17. The molecule has 0 heterocycles. The van der Waals surface area contributed by atoms with Crippen molar-refractivity contribution in [2.24, 2.45) is 29.1 Å². The molecule has 1 nitrogen and oxygen atoms in total. The van der Waals surface area contributed by atoms with E-state index in [-0.39, 0.29) is 11.0 Å². The maximum atomic E-state index is 10.8. The fourth-order valence-corrected chi connectivity index (χ4v) is 5.41. The zero-order chi connectivity index (χ0) is 10.8. The van der Waals surface area contributed by atoms with Crippen molar-refractivity contribution in [3.8, 4) is 0 Å². The minimum absolute atomic E-state index is 0.252. The van der Waals surface area contributed by atoms with Crippen LogP contribution >= 0.6 is 0 Å². The Kier molecular flexibility index (Phi) is 1.89. The summed E-state index contributed by atoms with van der Waals surface area (Å²) in [5.41, 5.74) is -0.0786. The molecule has 0 aromatic carbocycles. The molecule has 0 amide bonds. The molecule has 0 aliphatic heterocycles. The molecular formula is C14H24O. The van der Waals surface area contributed by atoms with Gasteiger partial charge in [-0.25, -0.2) is 0 Å². The fraction of sp³-hybridized carbons (Fsp3) is 1.00. The van der Waals surface area contributed by atoms with Crippen molar-refractivity contribution in [1.29, 1.82) is 0 Å². The van der Waals surface area contributed by atoms with E-state index in [9.17, 15) is 5.11 Å². The minimum atomic E-state index is -0.330. The highest BCUT2D eigenvalue weighted by atomic mass is 16.3. The Morgan fingerprint density at radius 1 is 1.27 bits per heavy atom. The first kappa shape index (κ1) is 10.1. The van der Waals surface area contributed by atoms with E-state index in [2.05, 4.69) is 20.8 Å². The second-order valence-electron chi connectivity index (χ2n) is 6.82. The van der Waals surface area contributed by atoms with Crippen molar-refractivity contribution in [3.63, 3.8) is 0 Å². The standard InChI is InChI=1S/C14H24O/c1-4-14(15)8-10-7-13(14,3)12-6-9(2)5-11(10)12/h9-12,15H,4-8H2,1-3H3. The summed E-state index contributed by atoms with van der Waals surface area (Å²) in [5.74, 6) is 3.53. The molecule has 86 valence electrons. The van der Waals surface area contributed by atoms with Gasteiger partial charge in [-0.15, -0.1) is 0 Å². The third-order valence-corrected chi connectivity index (χ3v) is 6.21. The molecule has 0 aromatic heterocycles. The van der Waals surface area contributed by atoms with Crippen LogP contribution in [0.1, 0.15) is 52.9 Å². The lowest BCUT2D eigenvalue weighted by Gasteiger charge is -2.46. The van der Waals surface area contributed by atoms with Gasteiger partial charge in [-0.05, 0) is 61.2 Å². The molecule has 0 saturated heterocycles. The van der Waals surface area contributed by atoms with Crippen molar-refractivity contribution in [2.45, 2.75) is 58.5 Å². The molecule has 3 fully saturated rings. The molecule has 15 heavy (non-hydrogen) atoms. The smallest absolute Gasteiger partial charge is 0.0704 e. The van der Waals surface area contributed by atoms with E-state index >= 15 is 0 Å². The van der Waals surface area contributed by atoms with Crippen LogP contribution in [0.3, 0.4) is 0 Å². The van der Waals surface area contributed by atoms with Crippen molar-refractivity contribution < 1.29 is 5.11 Å². The zero-order valence-corrected chi connectivity index (χ0v) is 10.3. The molecular weight excluding hydrogens is 184 g/mol. The van der Waals surface area contributed by atoms with E-state index in [4.69, 9.17) is 0 Å². The summed E-state index contributed by atoms with van der Waals surface area (Å²) in [6.45, 7) is 6.94. The Bertz CT molecular complexity index is 285. The zero-order valence-electron chi connectivity index (χ0n) is 10.3. The summed E-state index contributed by atoms with van der Waals surface area (Å²) in [7, 11) is 0. The van der Waals surface area contributed by atoms with Crippen molar-refractivity contribution in [2.75, 3.05) is 0 Å². The first-order chi connectivity index (χ1) is 7.00. The highest BCUT2D eigenvalue weighted by Gasteiger charge is 2.67. The molecule has 1 N–H and O–H groups in total. The summed E-state index contributed by atoms with van der Waals surface area (Å²) in [5, 5.41) is 10.8. The normalized spacial score (nSPS) is 62.4. The molecule has 1 heteroatoms. The van der Waals surface area contributed by atoms with Gasteiger partial charge >= 0.3 is 0 Å². The molecule has 0 spiro atoms. The summed E-state index contributed by atoms with van der Waals surface area (Å²) >= 11 is 0. The van der Waals surface area contributed by atoms with Gasteiger partial charge in [-0.1, -0.05) is 20.8 Å². The third-order valence-electron chi connectivity index (χ3n) is 6.21. The van der Waals surface area contributed by atoms with Crippen LogP contribution in [0, 0.1) is 29.1 Å². The highest BCUT2D eigenvalue weighted by Crippen LogP contribution is 2.70. The van der Waals surface area contributed by atoms with Gasteiger partial charge in [0.25, 0.3) is 0 Å². The number of fused-ring (bicyclic) bond motifs is 5. The SMILES string of the molecule is CCC1(O)CC2CC1(C)C1CC(C)CC21. The van der Waals surface area contributed by atoms with Crippen LogP contribution < -0.4 is 0 Å². The number of hydrogen-bond donors (Lipinski definition) is 1. The molecule has 3 rings (SSSR count). The molecule has 6 unspecified atom stereocenters. The average Bonchev–Trinajstić information content (AvgIpc) is 2.74. The van der Waals surface area contributed by atoms with Crippen LogP contribution in [0.15, 0.2) is 0 Å². The van der Waals surface area contributed by atoms with Gasteiger partial charge in [0.2, 0.25) is 0 Å². The van der Waals surface area contributed by atoms with Gasteiger partial charge in [0.05, 0.1) is 5.60 Å².